The molecule has 0 bridgehead atoms. The van der Waals surface area contributed by atoms with Gasteiger partial charge >= 0.3 is 0 Å². The van der Waals surface area contributed by atoms with Crippen molar-refractivity contribution in [2.75, 3.05) is 24.6 Å². The largest absolute Gasteiger partial charge is 0.317 e. The first-order valence-electron chi connectivity index (χ1n) is 7.50. The quantitative estimate of drug-likeness (QED) is 0.658. The average molecular weight is 275 g/mol. The molecule has 1 aliphatic heterocycles. The number of rotatable bonds is 9. The molecule has 3 nitrogen and oxygen atoms in total. The Hall–Kier alpha value is -0.0900. The van der Waals surface area contributed by atoms with Gasteiger partial charge in [0, 0.05) is 0 Å². The van der Waals surface area contributed by atoms with Gasteiger partial charge < -0.3 is 5.32 Å². The van der Waals surface area contributed by atoms with E-state index in [1.54, 1.807) is 0 Å². The number of hydrogen-bond acceptors (Lipinski definition) is 3. The molecule has 1 rings (SSSR count). The fourth-order valence-electron chi connectivity index (χ4n) is 2.86. The lowest BCUT2D eigenvalue weighted by molar-refractivity contribution is 0.317. The highest BCUT2D eigenvalue weighted by atomic mass is 32.2. The van der Waals surface area contributed by atoms with E-state index in [1.165, 1.54) is 32.1 Å². The summed E-state index contributed by atoms with van der Waals surface area (Å²) in [5.74, 6) is 1.79. The first kappa shape index (κ1) is 16.0. The summed E-state index contributed by atoms with van der Waals surface area (Å²) >= 11 is 0. The normalized spacial score (nSPS) is 24.2. The Bertz CT molecular complexity index is 314. The van der Waals surface area contributed by atoms with Crippen molar-refractivity contribution in [2.45, 2.75) is 52.4 Å². The first-order chi connectivity index (χ1) is 8.59. The van der Waals surface area contributed by atoms with Gasteiger partial charge in [0.05, 0.1) is 11.5 Å². The van der Waals surface area contributed by atoms with Crippen LogP contribution in [0.15, 0.2) is 0 Å². The Morgan fingerprint density at radius 3 is 2.56 bits per heavy atom. The van der Waals surface area contributed by atoms with Gasteiger partial charge in [0.2, 0.25) is 0 Å². The molecule has 1 fully saturated rings. The highest BCUT2D eigenvalue weighted by Gasteiger charge is 2.32. The van der Waals surface area contributed by atoms with E-state index in [2.05, 4.69) is 19.2 Å². The van der Waals surface area contributed by atoms with Crippen LogP contribution in [-0.4, -0.2) is 33.0 Å². The molecule has 0 spiro atoms. The summed E-state index contributed by atoms with van der Waals surface area (Å²) in [6.45, 7) is 6.30. The SMILES string of the molecule is CCCCCCC(CNCC)C1CCS(=O)(=O)C1. The van der Waals surface area contributed by atoms with Crippen LogP contribution in [0.3, 0.4) is 0 Å². The van der Waals surface area contributed by atoms with Crippen LogP contribution in [-0.2, 0) is 9.84 Å². The second-order valence-electron chi connectivity index (χ2n) is 5.58. The third kappa shape index (κ3) is 5.70. The predicted molar refractivity (Wildman–Crippen MR) is 77.6 cm³/mol. The van der Waals surface area contributed by atoms with Crippen molar-refractivity contribution in [1.29, 1.82) is 0 Å². The lowest BCUT2D eigenvalue weighted by Gasteiger charge is -2.22. The third-order valence-corrected chi connectivity index (χ3v) is 5.81. The number of sulfone groups is 1. The molecular formula is C14H29NO2S. The van der Waals surface area contributed by atoms with Crippen LogP contribution in [0.5, 0.6) is 0 Å². The molecule has 0 radical (unpaired) electrons. The molecule has 18 heavy (non-hydrogen) atoms. The Balaban J connectivity index is 2.40. The highest BCUT2D eigenvalue weighted by molar-refractivity contribution is 7.91. The Labute approximate surface area is 113 Å². The summed E-state index contributed by atoms with van der Waals surface area (Å²) in [6, 6.07) is 0. The summed E-state index contributed by atoms with van der Waals surface area (Å²) in [5, 5.41) is 3.40. The van der Waals surface area contributed by atoms with E-state index in [9.17, 15) is 8.42 Å². The number of nitrogens with one attached hydrogen (secondary N) is 1. The van der Waals surface area contributed by atoms with Gasteiger partial charge in [-0.1, -0.05) is 39.5 Å². The maximum Gasteiger partial charge on any atom is 0.150 e. The van der Waals surface area contributed by atoms with Gasteiger partial charge in [-0.25, -0.2) is 8.42 Å². The van der Waals surface area contributed by atoms with Crippen LogP contribution in [0.1, 0.15) is 52.4 Å². The third-order valence-electron chi connectivity index (χ3n) is 4.02. The molecule has 1 saturated heterocycles. The van der Waals surface area contributed by atoms with Gasteiger partial charge in [0.25, 0.3) is 0 Å². The molecule has 0 amide bonds. The van der Waals surface area contributed by atoms with Gasteiger partial charge in [0.1, 0.15) is 0 Å². The summed E-state index contributed by atoms with van der Waals surface area (Å²) in [7, 11) is -2.73. The minimum Gasteiger partial charge on any atom is -0.317 e. The molecule has 1 heterocycles. The van der Waals surface area contributed by atoms with Crippen LogP contribution in [0.2, 0.25) is 0 Å². The lowest BCUT2D eigenvalue weighted by Crippen LogP contribution is -2.29. The zero-order chi connectivity index (χ0) is 13.4. The molecule has 0 aromatic heterocycles. The molecule has 1 N–H and O–H groups in total. The predicted octanol–water partition coefficient (Wildman–Crippen LogP) is 2.62. The van der Waals surface area contributed by atoms with E-state index in [-0.39, 0.29) is 0 Å². The van der Waals surface area contributed by atoms with E-state index in [0.717, 1.165) is 19.5 Å². The molecule has 2 atom stereocenters. The van der Waals surface area contributed by atoms with Gasteiger partial charge in [-0.2, -0.15) is 0 Å². The summed E-state index contributed by atoms with van der Waals surface area (Å²) in [6.07, 6.45) is 7.17. The van der Waals surface area contributed by atoms with E-state index in [4.69, 9.17) is 0 Å². The van der Waals surface area contributed by atoms with Crippen LogP contribution >= 0.6 is 0 Å². The summed E-state index contributed by atoms with van der Waals surface area (Å²) < 4.78 is 23.2. The van der Waals surface area contributed by atoms with Crippen molar-refractivity contribution in [2.24, 2.45) is 11.8 Å². The van der Waals surface area contributed by atoms with Crippen molar-refractivity contribution < 1.29 is 8.42 Å². The van der Waals surface area contributed by atoms with Crippen molar-refractivity contribution in [3.05, 3.63) is 0 Å². The zero-order valence-electron chi connectivity index (χ0n) is 12.0. The van der Waals surface area contributed by atoms with E-state index in [1.807, 2.05) is 0 Å². The maximum atomic E-state index is 11.6. The van der Waals surface area contributed by atoms with Crippen LogP contribution in [0.25, 0.3) is 0 Å². The molecule has 0 aromatic rings. The van der Waals surface area contributed by atoms with Crippen LogP contribution in [0.4, 0.5) is 0 Å². The minimum absolute atomic E-state index is 0.399. The van der Waals surface area contributed by atoms with Crippen LogP contribution < -0.4 is 5.32 Å². The van der Waals surface area contributed by atoms with Gasteiger partial charge in [-0.3, -0.25) is 0 Å². The monoisotopic (exact) mass is 275 g/mol. The molecule has 1 aliphatic rings. The molecule has 0 aliphatic carbocycles. The number of unbranched alkanes of at least 4 members (excludes halogenated alkanes) is 3. The summed E-state index contributed by atoms with van der Waals surface area (Å²) in [4.78, 5) is 0. The highest BCUT2D eigenvalue weighted by Crippen LogP contribution is 2.29. The fourth-order valence-corrected chi connectivity index (χ4v) is 4.78. The number of hydrogen-bond donors (Lipinski definition) is 1. The zero-order valence-corrected chi connectivity index (χ0v) is 12.8. The Kier molecular flexibility index (Phi) is 7.23. The van der Waals surface area contributed by atoms with Gasteiger partial charge in [0.15, 0.2) is 9.84 Å². The van der Waals surface area contributed by atoms with Crippen molar-refractivity contribution >= 4 is 9.84 Å². The smallest absolute Gasteiger partial charge is 0.150 e. The van der Waals surface area contributed by atoms with Gasteiger partial charge in [-0.15, -0.1) is 0 Å². The van der Waals surface area contributed by atoms with Gasteiger partial charge in [-0.05, 0) is 37.8 Å². The minimum atomic E-state index is -2.73. The standard InChI is InChI=1S/C14H29NO2S/c1-3-5-6-7-8-13(11-15-4-2)14-9-10-18(16,17)12-14/h13-15H,3-12H2,1-2H3. The molecular weight excluding hydrogens is 246 g/mol. The fraction of sp³-hybridized carbons (Fsp3) is 1.00. The molecule has 108 valence electrons. The molecule has 0 saturated carbocycles. The summed E-state index contributed by atoms with van der Waals surface area (Å²) in [5.41, 5.74) is 0. The average Bonchev–Trinajstić information content (AvgIpc) is 2.69. The van der Waals surface area contributed by atoms with Crippen molar-refractivity contribution in [3.8, 4) is 0 Å². The van der Waals surface area contributed by atoms with Crippen molar-refractivity contribution in [3.63, 3.8) is 0 Å². The topological polar surface area (TPSA) is 46.2 Å². The van der Waals surface area contributed by atoms with Crippen LogP contribution in [0, 0.1) is 11.8 Å². The Morgan fingerprint density at radius 1 is 1.22 bits per heavy atom. The van der Waals surface area contributed by atoms with E-state index < -0.39 is 9.84 Å². The Morgan fingerprint density at radius 2 is 2.00 bits per heavy atom. The first-order valence-corrected chi connectivity index (χ1v) is 9.32. The molecule has 2 unspecified atom stereocenters. The van der Waals surface area contributed by atoms with E-state index >= 15 is 0 Å². The second-order valence-corrected chi connectivity index (χ2v) is 7.81. The molecule has 4 heteroatoms. The van der Waals surface area contributed by atoms with Crippen molar-refractivity contribution in [1.82, 2.24) is 5.32 Å². The van der Waals surface area contributed by atoms with E-state index in [0.29, 0.717) is 23.3 Å². The molecule has 0 aromatic carbocycles. The lowest BCUT2D eigenvalue weighted by atomic mass is 9.87. The second kappa shape index (κ2) is 8.16. The maximum absolute atomic E-state index is 11.6.